The van der Waals surface area contributed by atoms with E-state index in [1.807, 2.05) is 15.9 Å². The number of methoxy groups -OCH3 is 2. The van der Waals surface area contributed by atoms with Crippen molar-refractivity contribution in [2.75, 3.05) is 50.2 Å². The lowest BCUT2D eigenvalue weighted by Crippen LogP contribution is -2.52. The Morgan fingerprint density at radius 1 is 0.933 bits per heavy atom. The third-order valence-electron chi connectivity index (χ3n) is 5.70. The van der Waals surface area contributed by atoms with Crippen molar-refractivity contribution in [2.45, 2.75) is 12.5 Å². The molecule has 158 valence electrons. The molecule has 7 nitrogen and oxygen atoms in total. The fourth-order valence-electron chi connectivity index (χ4n) is 4.12. The molecular formula is C22H24FN3O4. The zero-order valence-corrected chi connectivity index (χ0v) is 17.0. The highest BCUT2D eigenvalue weighted by molar-refractivity contribution is 6.22. The summed E-state index contributed by atoms with van der Waals surface area (Å²) in [5, 5.41) is 0. The molecule has 0 aromatic heterocycles. The molecule has 2 amide bonds. The first kappa shape index (κ1) is 20.2. The van der Waals surface area contributed by atoms with Crippen molar-refractivity contribution < 1.29 is 23.5 Å². The summed E-state index contributed by atoms with van der Waals surface area (Å²) in [5.41, 5.74) is 1.04. The number of anilines is 2. The van der Waals surface area contributed by atoms with E-state index in [-0.39, 0.29) is 24.1 Å². The first-order chi connectivity index (χ1) is 14.5. The van der Waals surface area contributed by atoms with Gasteiger partial charge in [-0.2, -0.15) is 0 Å². The lowest BCUT2D eigenvalue weighted by molar-refractivity contribution is -0.123. The van der Waals surface area contributed by atoms with Crippen LogP contribution in [0.3, 0.4) is 0 Å². The van der Waals surface area contributed by atoms with Gasteiger partial charge in [-0.05, 0) is 24.3 Å². The second-order valence-electron chi connectivity index (χ2n) is 7.30. The van der Waals surface area contributed by atoms with Crippen LogP contribution in [0.1, 0.15) is 6.42 Å². The molecule has 2 fully saturated rings. The van der Waals surface area contributed by atoms with Gasteiger partial charge in [-0.3, -0.25) is 14.5 Å². The van der Waals surface area contributed by atoms with Gasteiger partial charge in [-0.25, -0.2) is 9.29 Å². The van der Waals surface area contributed by atoms with Crippen LogP contribution in [0.2, 0.25) is 0 Å². The maximum absolute atomic E-state index is 14.1. The minimum Gasteiger partial charge on any atom is -0.493 e. The molecule has 2 heterocycles. The van der Waals surface area contributed by atoms with Gasteiger partial charge >= 0.3 is 0 Å². The summed E-state index contributed by atoms with van der Waals surface area (Å²) in [6.07, 6.45) is 0.132. The van der Waals surface area contributed by atoms with Crippen molar-refractivity contribution in [3.63, 3.8) is 0 Å². The minimum absolute atomic E-state index is 0.132. The number of halogens is 1. The van der Waals surface area contributed by atoms with Crippen molar-refractivity contribution in [2.24, 2.45) is 0 Å². The van der Waals surface area contributed by atoms with Crippen molar-refractivity contribution in [3.8, 4) is 11.5 Å². The van der Waals surface area contributed by atoms with Crippen LogP contribution in [0.4, 0.5) is 15.8 Å². The van der Waals surface area contributed by atoms with Crippen LogP contribution >= 0.6 is 0 Å². The van der Waals surface area contributed by atoms with Gasteiger partial charge in [0.05, 0.1) is 38.1 Å². The van der Waals surface area contributed by atoms with E-state index >= 15 is 0 Å². The number of benzene rings is 2. The molecule has 8 heteroatoms. The summed E-state index contributed by atoms with van der Waals surface area (Å²) < 4.78 is 24.6. The molecule has 2 aliphatic heterocycles. The zero-order valence-electron chi connectivity index (χ0n) is 17.0. The van der Waals surface area contributed by atoms with Gasteiger partial charge in [0.15, 0.2) is 11.5 Å². The number of carbonyl (C=O) groups excluding carboxylic acids is 2. The fraction of sp³-hybridized carbons (Fsp3) is 0.364. The van der Waals surface area contributed by atoms with E-state index in [9.17, 15) is 14.0 Å². The normalized spacial score (nSPS) is 20.0. The lowest BCUT2D eigenvalue weighted by atomic mass is 10.1. The third-order valence-corrected chi connectivity index (χ3v) is 5.70. The molecule has 30 heavy (non-hydrogen) atoms. The summed E-state index contributed by atoms with van der Waals surface area (Å²) in [6.45, 7) is 2.35. The smallest absolute Gasteiger partial charge is 0.251 e. The molecule has 0 spiro atoms. The molecule has 4 rings (SSSR count). The van der Waals surface area contributed by atoms with E-state index in [0.29, 0.717) is 49.1 Å². The second kappa shape index (κ2) is 8.31. The Morgan fingerprint density at radius 3 is 2.30 bits per heavy atom. The summed E-state index contributed by atoms with van der Waals surface area (Å²) in [6, 6.07) is 11.2. The standard InChI is InChI=1S/C22H24FN3O4/c1-29-19-8-7-15(13-20(19)30-2)26-21(27)14-18(22(26)28)25-11-9-24(10-12-25)17-6-4-3-5-16(17)23/h3-8,13,18H,9-12,14H2,1-2H3/t18-/m1/s1. The molecule has 0 saturated carbocycles. The molecule has 0 bridgehead atoms. The molecular weight excluding hydrogens is 389 g/mol. The minimum atomic E-state index is -0.506. The van der Waals surface area contributed by atoms with Crippen molar-refractivity contribution in [3.05, 3.63) is 48.3 Å². The van der Waals surface area contributed by atoms with E-state index < -0.39 is 6.04 Å². The number of carbonyl (C=O) groups is 2. The van der Waals surface area contributed by atoms with Crippen molar-refractivity contribution in [1.82, 2.24) is 4.90 Å². The largest absolute Gasteiger partial charge is 0.493 e. The van der Waals surface area contributed by atoms with E-state index in [1.165, 1.54) is 25.2 Å². The molecule has 2 aromatic rings. The van der Waals surface area contributed by atoms with Gasteiger partial charge in [0.25, 0.3) is 5.91 Å². The van der Waals surface area contributed by atoms with Crippen LogP contribution in [0.5, 0.6) is 11.5 Å². The molecule has 0 N–H and O–H groups in total. The van der Waals surface area contributed by atoms with Crippen LogP contribution in [-0.4, -0.2) is 63.2 Å². The monoisotopic (exact) mass is 413 g/mol. The van der Waals surface area contributed by atoms with Gasteiger partial charge in [0.1, 0.15) is 5.82 Å². The first-order valence-corrected chi connectivity index (χ1v) is 9.86. The van der Waals surface area contributed by atoms with Crippen molar-refractivity contribution >= 4 is 23.2 Å². The number of hydrogen-bond acceptors (Lipinski definition) is 6. The van der Waals surface area contributed by atoms with Crippen LogP contribution < -0.4 is 19.3 Å². The average Bonchev–Trinajstić information content (AvgIpc) is 3.07. The molecule has 0 unspecified atom stereocenters. The summed E-state index contributed by atoms with van der Waals surface area (Å²) >= 11 is 0. The average molecular weight is 413 g/mol. The van der Waals surface area contributed by atoms with Crippen LogP contribution in [-0.2, 0) is 9.59 Å². The highest BCUT2D eigenvalue weighted by atomic mass is 19.1. The predicted octanol–water partition coefficient (Wildman–Crippen LogP) is 2.30. The molecule has 2 aromatic carbocycles. The van der Waals surface area contributed by atoms with Gasteiger partial charge in [0, 0.05) is 32.2 Å². The van der Waals surface area contributed by atoms with Crippen LogP contribution in [0.15, 0.2) is 42.5 Å². The lowest BCUT2D eigenvalue weighted by Gasteiger charge is -2.38. The Kier molecular flexibility index (Phi) is 5.59. The number of hydrogen-bond donors (Lipinski definition) is 0. The summed E-state index contributed by atoms with van der Waals surface area (Å²) in [7, 11) is 3.04. The first-order valence-electron chi connectivity index (χ1n) is 9.86. The Bertz CT molecular complexity index is 959. The molecule has 2 aliphatic rings. The van der Waals surface area contributed by atoms with Crippen LogP contribution in [0.25, 0.3) is 0 Å². The molecule has 2 saturated heterocycles. The Morgan fingerprint density at radius 2 is 1.63 bits per heavy atom. The quantitative estimate of drug-likeness (QED) is 0.701. The molecule has 1 atom stereocenters. The molecule has 0 aliphatic carbocycles. The summed E-state index contributed by atoms with van der Waals surface area (Å²) in [4.78, 5) is 31.0. The number of nitrogens with zero attached hydrogens (tertiary/aromatic N) is 3. The van der Waals surface area contributed by atoms with E-state index in [0.717, 1.165) is 0 Å². The Hall–Kier alpha value is -3.13. The number of amides is 2. The maximum atomic E-state index is 14.1. The fourth-order valence-corrected chi connectivity index (χ4v) is 4.12. The SMILES string of the molecule is COc1ccc(N2C(=O)C[C@@H](N3CCN(c4ccccc4F)CC3)C2=O)cc1OC. The highest BCUT2D eigenvalue weighted by Gasteiger charge is 2.43. The number of para-hydroxylation sites is 1. The second-order valence-corrected chi connectivity index (χ2v) is 7.30. The topological polar surface area (TPSA) is 62.3 Å². The van der Waals surface area contributed by atoms with Gasteiger partial charge < -0.3 is 14.4 Å². The van der Waals surface area contributed by atoms with Crippen LogP contribution in [0, 0.1) is 5.82 Å². The number of imide groups is 1. The number of ether oxygens (including phenoxy) is 2. The van der Waals surface area contributed by atoms with Gasteiger partial charge in [-0.15, -0.1) is 0 Å². The Balaban J connectivity index is 1.47. The van der Waals surface area contributed by atoms with Gasteiger partial charge in [0.2, 0.25) is 5.91 Å². The third kappa shape index (κ3) is 3.59. The van der Waals surface area contributed by atoms with Crippen molar-refractivity contribution in [1.29, 1.82) is 0 Å². The summed E-state index contributed by atoms with van der Waals surface area (Å²) in [5.74, 6) is 0.247. The maximum Gasteiger partial charge on any atom is 0.251 e. The zero-order chi connectivity index (χ0) is 21.3. The Labute approximate surface area is 174 Å². The van der Waals surface area contributed by atoms with Gasteiger partial charge in [-0.1, -0.05) is 12.1 Å². The highest BCUT2D eigenvalue weighted by Crippen LogP contribution is 2.34. The predicted molar refractivity (Wildman–Crippen MR) is 111 cm³/mol. The number of rotatable bonds is 5. The van der Waals surface area contributed by atoms with E-state index in [1.54, 1.807) is 30.3 Å². The number of piperazine rings is 1. The van der Waals surface area contributed by atoms with E-state index in [4.69, 9.17) is 9.47 Å². The van der Waals surface area contributed by atoms with E-state index in [2.05, 4.69) is 0 Å². The molecule has 0 radical (unpaired) electrons.